The van der Waals surface area contributed by atoms with Gasteiger partial charge in [-0.2, -0.15) is 13.2 Å². The molecule has 1 aliphatic carbocycles. The number of nitrogens with one attached hydrogen (secondary N) is 1. The number of hydrogen-bond acceptors (Lipinski definition) is 1. The van der Waals surface area contributed by atoms with Gasteiger partial charge < -0.3 is 5.32 Å². The Morgan fingerprint density at radius 1 is 1.20 bits per heavy atom. The van der Waals surface area contributed by atoms with Crippen LogP contribution in [0.4, 0.5) is 13.2 Å². The number of hydrogen-bond donors (Lipinski definition) is 1. The number of alkyl halides is 3. The van der Waals surface area contributed by atoms with E-state index in [0.717, 1.165) is 25.7 Å². The van der Waals surface area contributed by atoms with Gasteiger partial charge in [-0.05, 0) is 32.1 Å². The molecule has 0 aromatic heterocycles. The van der Waals surface area contributed by atoms with Gasteiger partial charge in [0.15, 0.2) is 0 Å². The summed E-state index contributed by atoms with van der Waals surface area (Å²) in [5.74, 6) is -1.94. The maximum Gasteiger partial charge on any atom is 0.391 e. The molecule has 1 amide bonds. The van der Waals surface area contributed by atoms with Crippen molar-refractivity contribution >= 4 is 5.91 Å². The van der Waals surface area contributed by atoms with E-state index in [9.17, 15) is 18.0 Å². The molecule has 118 valence electrons. The average molecular weight is 293 g/mol. The first-order valence-corrected chi connectivity index (χ1v) is 7.75. The van der Waals surface area contributed by atoms with Crippen LogP contribution in [0.25, 0.3) is 0 Å². The minimum absolute atomic E-state index is 0.0414. The SMILES string of the molecule is CCCC(CCC)NC(=O)C1CCCC(C(F)(F)F)C1. The van der Waals surface area contributed by atoms with Crippen molar-refractivity contribution in [3.05, 3.63) is 0 Å². The molecule has 0 spiro atoms. The molecular formula is C15H26F3NO. The van der Waals surface area contributed by atoms with Crippen molar-refractivity contribution in [2.24, 2.45) is 11.8 Å². The van der Waals surface area contributed by atoms with Gasteiger partial charge in [0.2, 0.25) is 5.91 Å². The minimum Gasteiger partial charge on any atom is -0.353 e. The molecule has 0 aromatic rings. The molecule has 1 fully saturated rings. The molecule has 1 N–H and O–H groups in total. The molecule has 0 radical (unpaired) electrons. The number of carbonyl (C=O) groups is 1. The van der Waals surface area contributed by atoms with E-state index >= 15 is 0 Å². The molecule has 0 saturated heterocycles. The third-order valence-corrected chi connectivity index (χ3v) is 4.13. The fourth-order valence-corrected chi connectivity index (χ4v) is 3.03. The van der Waals surface area contributed by atoms with Crippen LogP contribution < -0.4 is 5.32 Å². The molecule has 2 nitrogen and oxygen atoms in total. The third kappa shape index (κ3) is 5.33. The molecule has 0 heterocycles. The lowest BCUT2D eigenvalue weighted by atomic mass is 9.80. The lowest BCUT2D eigenvalue weighted by molar-refractivity contribution is -0.186. The van der Waals surface area contributed by atoms with Crippen LogP contribution in [0.3, 0.4) is 0 Å². The predicted octanol–water partition coefficient (Wildman–Crippen LogP) is 4.44. The Balaban J connectivity index is 2.53. The number of carbonyl (C=O) groups excluding carboxylic acids is 1. The van der Waals surface area contributed by atoms with Gasteiger partial charge in [-0.15, -0.1) is 0 Å². The molecule has 20 heavy (non-hydrogen) atoms. The van der Waals surface area contributed by atoms with Crippen molar-refractivity contribution in [2.45, 2.75) is 77.4 Å². The summed E-state index contributed by atoms with van der Waals surface area (Å²) in [5, 5.41) is 2.95. The first-order chi connectivity index (χ1) is 9.38. The van der Waals surface area contributed by atoms with Gasteiger partial charge in [-0.3, -0.25) is 4.79 Å². The van der Waals surface area contributed by atoms with E-state index in [-0.39, 0.29) is 24.8 Å². The molecule has 1 saturated carbocycles. The smallest absolute Gasteiger partial charge is 0.353 e. The van der Waals surface area contributed by atoms with Gasteiger partial charge >= 0.3 is 6.18 Å². The highest BCUT2D eigenvalue weighted by atomic mass is 19.4. The first kappa shape index (κ1) is 17.3. The summed E-state index contributed by atoms with van der Waals surface area (Å²) in [4.78, 5) is 12.2. The van der Waals surface area contributed by atoms with E-state index in [2.05, 4.69) is 19.2 Å². The van der Waals surface area contributed by atoms with Crippen LogP contribution in [-0.2, 0) is 4.79 Å². The second kappa shape index (κ2) is 7.89. The van der Waals surface area contributed by atoms with E-state index in [1.165, 1.54) is 0 Å². The molecule has 0 aliphatic heterocycles. The Bertz CT molecular complexity index is 298. The highest BCUT2D eigenvalue weighted by Crippen LogP contribution is 2.40. The molecule has 1 rings (SSSR count). The lowest BCUT2D eigenvalue weighted by Crippen LogP contribution is -2.42. The topological polar surface area (TPSA) is 29.1 Å². The summed E-state index contributed by atoms with van der Waals surface area (Å²) in [6.07, 6.45) is 0.787. The van der Waals surface area contributed by atoms with E-state index < -0.39 is 18.0 Å². The fourth-order valence-electron chi connectivity index (χ4n) is 3.03. The normalized spacial score (nSPS) is 23.9. The lowest BCUT2D eigenvalue weighted by Gasteiger charge is -2.31. The van der Waals surface area contributed by atoms with E-state index in [0.29, 0.717) is 12.8 Å². The number of halogens is 3. The summed E-state index contributed by atoms with van der Waals surface area (Å²) >= 11 is 0. The first-order valence-electron chi connectivity index (χ1n) is 7.75. The zero-order chi connectivity index (χ0) is 15.2. The van der Waals surface area contributed by atoms with Crippen molar-refractivity contribution in [1.29, 1.82) is 0 Å². The predicted molar refractivity (Wildman–Crippen MR) is 73.2 cm³/mol. The quantitative estimate of drug-likeness (QED) is 0.770. The molecule has 1 aliphatic rings. The van der Waals surface area contributed by atoms with Crippen LogP contribution in [0, 0.1) is 11.8 Å². The highest BCUT2D eigenvalue weighted by molar-refractivity contribution is 5.79. The zero-order valence-corrected chi connectivity index (χ0v) is 12.4. The Hall–Kier alpha value is -0.740. The van der Waals surface area contributed by atoms with Gasteiger partial charge in [0, 0.05) is 12.0 Å². The van der Waals surface area contributed by atoms with Crippen LogP contribution in [0.1, 0.15) is 65.2 Å². The molecule has 0 bridgehead atoms. The highest BCUT2D eigenvalue weighted by Gasteiger charge is 2.43. The summed E-state index contributed by atoms with van der Waals surface area (Å²) in [5.41, 5.74) is 0. The second-order valence-corrected chi connectivity index (χ2v) is 5.88. The summed E-state index contributed by atoms with van der Waals surface area (Å²) in [6.45, 7) is 4.10. The Labute approximate surface area is 119 Å². The summed E-state index contributed by atoms with van der Waals surface area (Å²) in [7, 11) is 0. The molecule has 0 aromatic carbocycles. The van der Waals surface area contributed by atoms with Crippen molar-refractivity contribution in [3.8, 4) is 0 Å². The molecule has 2 atom stereocenters. The summed E-state index contributed by atoms with van der Waals surface area (Å²) < 4.78 is 38.3. The van der Waals surface area contributed by atoms with Crippen molar-refractivity contribution in [1.82, 2.24) is 5.32 Å². The van der Waals surface area contributed by atoms with Crippen LogP contribution >= 0.6 is 0 Å². The van der Waals surface area contributed by atoms with E-state index in [1.807, 2.05) is 0 Å². The van der Waals surface area contributed by atoms with Crippen LogP contribution in [-0.4, -0.2) is 18.1 Å². The van der Waals surface area contributed by atoms with Gasteiger partial charge in [-0.1, -0.05) is 33.1 Å². The molecular weight excluding hydrogens is 267 g/mol. The maximum absolute atomic E-state index is 12.8. The largest absolute Gasteiger partial charge is 0.391 e. The van der Waals surface area contributed by atoms with Crippen LogP contribution in [0.5, 0.6) is 0 Å². The van der Waals surface area contributed by atoms with Gasteiger partial charge in [0.1, 0.15) is 0 Å². The van der Waals surface area contributed by atoms with E-state index in [1.54, 1.807) is 0 Å². The number of amides is 1. The monoisotopic (exact) mass is 293 g/mol. The van der Waals surface area contributed by atoms with Crippen LogP contribution in [0.15, 0.2) is 0 Å². The Morgan fingerprint density at radius 3 is 2.30 bits per heavy atom. The average Bonchev–Trinajstić information content (AvgIpc) is 2.38. The van der Waals surface area contributed by atoms with Crippen LogP contribution in [0.2, 0.25) is 0 Å². The minimum atomic E-state index is -4.16. The molecule has 2 unspecified atom stereocenters. The molecule has 5 heteroatoms. The van der Waals surface area contributed by atoms with Crippen molar-refractivity contribution in [3.63, 3.8) is 0 Å². The zero-order valence-electron chi connectivity index (χ0n) is 12.4. The van der Waals surface area contributed by atoms with Gasteiger partial charge in [-0.25, -0.2) is 0 Å². The summed E-state index contributed by atoms with van der Waals surface area (Å²) in [6, 6.07) is 0.115. The fraction of sp³-hybridized carbons (Fsp3) is 0.933. The van der Waals surface area contributed by atoms with Crippen molar-refractivity contribution in [2.75, 3.05) is 0 Å². The third-order valence-electron chi connectivity index (χ3n) is 4.13. The number of rotatable bonds is 6. The second-order valence-electron chi connectivity index (χ2n) is 5.88. The van der Waals surface area contributed by atoms with Crippen molar-refractivity contribution < 1.29 is 18.0 Å². The Morgan fingerprint density at radius 2 is 1.80 bits per heavy atom. The van der Waals surface area contributed by atoms with E-state index in [4.69, 9.17) is 0 Å². The van der Waals surface area contributed by atoms with Gasteiger partial charge in [0.25, 0.3) is 0 Å². The van der Waals surface area contributed by atoms with Gasteiger partial charge in [0.05, 0.1) is 5.92 Å². The maximum atomic E-state index is 12.8. The standard InChI is InChI=1S/C15H26F3NO/c1-3-6-13(7-4-2)19-14(20)11-8-5-9-12(10-11)15(16,17)18/h11-13H,3-10H2,1-2H3,(H,19,20). The Kier molecular flexibility index (Phi) is 6.83.